The predicted octanol–water partition coefficient (Wildman–Crippen LogP) is 2.92. The summed E-state index contributed by atoms with van der Waals surface area (Å²) in [6.45, 7) is 9.29. The third kappa shape index (κ3) is 3.36. The fraction of sp³-hybridized carbons (Fsp3) is 0.474. The van der Waals surface area contributed by atoms with E-state index in [2.05, 4.69) is 53.3 Å². The fourth-order valence-electron chi connectivity index (χ4n) is 3.24. The first-order chi connectivity index (χ1) is 11.4. The normalized spacial score (nSPS) is 17.3. The molecule has 2 N–H and O–H groups in total. The monoisotopic (exact) mass is 326 g/mol. The van der Waals surface area contributed by atoms with Gasteiger partial charge in [0.05, 0.1) is 6.61 Å². The van der Waals surface area contributed by atoms with Crippen LogP contribution in [0, 0.1) is 6.92 Å². The average molecular weight is 326 g/mol. The molecule has 0 saturated heterocycles. The van der Waals surface area contributed by atoms with E-state index in [-0.39, 0.29) is 18.2 Å². The summed E-state index contributed by atoms with van der Waals surface area (Å²) in [5.74, 6) is 1.50. The van der Waals surface area contributed by atoms with Gasteiger partial charge in [0.2, 0.25) is 5.95 Å². The number of aromatic nitrogens is 2. The van der Waals surface area contributed by atoms with E-state index in [1.807, 2.05) is 19.9 Å². The van der Waals surface area contributed by atoms with Crippen LogP contribution in [0.15, 0.2) is 30.3 Å². The molecule has 5 nitrogen and oxygen atoms in total. The minimum atomic E-state index is -0.0743. The number of hydrogen-bond acceptors (Lipinski definition) is 5. The molecule has 0 amide bonds. The first-order valence-electron chi connectivity index (χ1n) is 8.46. The van der Waals surface area contributed by atoms with Crippen molar-refractivity contribution in [2.24, 2.45) is 0 Å². The van der Waals surface area contributed by atoms with E-state index in [9.17, 15) is 5.11 Å². The third-order valence-electron chi connectivity index (χ3n) is 4.57. The van der Waals surface area contributed by atoms with Crippen molar-refractivity contribution in [1.29, 1.82) is 0 Å². The molecule has 1 aliphatic rings. The third-order valence-corrected chi connectivity index (χ3v) is 4.57. The van der Waals surface area contributed by atoms with Gasteiger partial charge in [0.25, 0.3) is 0 Å². The van der Waals surface area contributed by atoms with Gasteiger partial charge in [0, 0.05) is 29.9 Å². The number of nitrogens with one attached hydrogen (secondary N) is 1. The van der Waals surface area contributed by atoms with Gasteiger partial charge in [-0.2, -0.15) is 4.98 Å². The molecule has 1 aliphatic heterocycles. The van der Waals surface area contributed by atoms with Gasteiger partial charge < -0.3 is 15.3 Å². The first kappa shape index (κ1) is 16.7. The lowest BCUT2D eigenvalue weighted by molar-refractivity contribution is 0.281. The van der Waals surface area contributed by atoms with Gasteiger partial charge in [0.15, 0.2) is 0 Å². The van der Waals surface area contributed by atoms with E-state index < -0.39 is 0 Å². The van der Waals surface area contributed by atoms with Gasteiger partial charge in [-0.25, -0.2) is 4.98 Å². The Bertz CT molecular complexity index is 729. The lowest BCUT2D eigenvalue weighted by Gasteiger charge is -2.44. The molecule has 0 radical (unpaired) electrons. The van der Waals surface area contributed by atoms with Crippen molar-refractivity contribution < 1.29 is 5.11 Å². The Labute approximate surface area is 143 Å². The van der Waals surface area contributed by atoms with Crippen molar-refractivity contribution in [3.05, 3.63) is 47.2 Å². The van der Waals surface area contributed by atoms with Crippen LogP contribution < -0.4 is 10.2 Å². The van der Waals surface area contributed by atoms with E-state index in [0.717, 1.165) is 24.5 Å². The fourth-order valence-corrected chi connectivity index (χ4v) is 3.24. The number of rotatable bonds is 4. The average Bonchev–Trinajstić information content (AvgIpc) is 2.52. The number of aryl methyl sites for hydroxylation is 1. The number of nitrogens with zero attached hydrogens (tertiary/aromatic N) is 3. The second-order valence-corrected chi connectivity index (χ2v) is 7.26. The highest BCUT2D eigenvalue weighted by Crippen LogP contribution is 2.34. The van der Waals surface area contributed by atoms with Crippen LogP contribution in [0.3, 0.4) is 0 Å². The summed E-state index contributed by atoms with van der Waals surface area (Å²) in [6, 6.07) is 10.6. The van der Waals surface area contributed by atoms with Crippen molar-refractivity contribution in [3.8, 4) is 0 Å². The number of aliphatic hydroxyl groups excluding tert-OH is 1. The number of fused-ring (bicyclic) bond motifs is 1. The zero-order chi connectivity index (χ0) is 17.3. The zero-order valence-corrected chi connectivity index (χ0v) is 14.9. The second-order valence-electron chi connectivity index (χ2n) is 7.26. The molecule has 1 aromatic heterocycles. The molecule has 2 aromatic rings. The summed E-state index contributed by atoms with van der Waals surface area (Å²) in [4.78, 5) is 11.5. The molecular weight excluding hydrogens is 300 g/mol. The number of hydrogen-bond donors (Lipinski definition) is 2. The molecule has 1 aromatic carbocycles. The molecule has 0 bridgehead atoms. The maximum atomic E-state index is 9.25. The standard InChI is InChI=1S/C19H26N4O/c1-13-9-17(22-18(20-13)21-14(2)12-24)23-11-16-8-6-5-7-15(16)10-19(23,3)4/h5-9,14,24H,10-12H2,1-4H3,(H,20,21,22)/t14-/m1/s1. The Morgan fingerprint density at radius 1 is 1.25 bits per heavy atom. The highest BCUT2D eigenvalue weighted by molar-refractivity contribution is 5.51. The lowest BCUT2D eigenvalue weighted by Crippen LogP contribution is -2.49. The van der Waals surface area contributed by atoms with Crippen LogP contribution in [0.25, 0.3) is 0 Å². The molecular formula is C19H26N4O. The largest absolute Gasteiger partial charge is 0.394 e. The van der Waals surface area contributed by atoms with Crippen molar-refractivity contribution in [2.75, 3.05) is 16.8 Å². The molecule has 3 rings (SSSR count). The van der Waals surface area contributed by atoms with Crippen molar-refractivity contribution >= 4 is 11.8 Å². The van der Waals surface area contributed by atoms with Crippen molar-refractivity contribution in [2.45, 2.75) is 52.2 Å². The Balaban J connectivity index is 1.96. The smallest absolute Gasteiger partial charge is 0.225 e. The molecule has 0 spiro atoms. The Morgan fingerprint density at radius 3 is 2.67 bits per heavy atom. The first-order valence-corrected chi connectivity index (χ1v) is 8.46. The minimum Gasteiger partial charge on any atom is -0.394 e. The van der Waals surface area contributed by atoms with Gasteiger partial charge in [0.1, 0.15) is 5.82 Å². The van der Waals surface area contributed by atoms with Gasteiger partial charge in [-0.15, -0.1) is 0 Å². The topological polar surface area (TPSA) is 61.3 Å². The maximum absolute atomic E-state index is 9.25. The van der Waals surface area contributed by atoms with Gasteiger partial charge in [-0.05, 0) is 45.2 Å². The van der Waals surface area contributed by atoms with Crippen molar-refractivity contribution in [3.63, 3.8) is 0 Å². The van der Waals surface area contributed by atoms with Crippen LogP contribution in [0.5, 0.6) is 0 Å². The van der Waals surface area contributed by atoms with E-state index in [1.165, 1.54) is 11.1 Å². The van der Waals surface area contributed by atoms with E-state index in [0.29, 0.717) is 5.95 Å². The molecule has 1 atom stereocenters. The molecule has 24 heavy (non-hydrogen) atoms. The van der Waals surface area contributed by atoms with Crippen LogP contribution in [-0.2, 0) is 13.0 Å². The summed E-state index contributed by atoms with van der Waals surface area (Å²) < 4.78 is 0. The van der Waals surface area contributed by atoms with Crippen LogP contribution in [0.2, 0.25) is 0 Å². The second kappa shape index (κ2) is 6.40. The minimum absolute atomic E-state index is 0.0188. The molecule has 5 heteroatoms. The Morgan fingerprint density at radius 2 is 1.96 bits per heavy atom. The summed E-state index contributed by atoms with van der Waals surface area (Å²) in [7, 11) is 0. The molecule has 2 heterocycles. The Hall–Kier alpha value is -2.14. The van der Waals surface area contributed by atoms with Crippen LogP contribution in [0.4, 0.5) is 11.8 Å². The molecule has 0 saturated carbocycles. The Kier molecular flexibility index (Phi) is 4.45. The van der Waals surface area contributed by atoms with Crippen LogP contribution >= 0.6 is 0 Å². The summed E-state index contributed by atoms with van der Waals surface area (Å²) in [6.07, 6.45) is 0.988. The van der Waals surface area contributed by atoms with E-state index >= 15 is 0 Å². The van der Waals surface area contributed by atoms with Crippen LogP contribution in [-0.4, -0.2) is 33.3 Å². The number of aliphatic hydroxyl groups is 1. The van der Waals surface area contributed by atoms with Gasteiger partial charge in [-0.1, -0.05) is 24.3 Å². The quantitative estimate of drug-likeness (QED) is 0.904. The van der Waals surface area contributed by atoms with Crippen molar-refractivity contribution in [1.82, 2.24) is 9.97 Å². The maximum Gasteiger partial charge on any atom is 0.225 e. The van der Waals surface area contributed by atoms with E-state index in [4.69, 9.17) is 4.98 Å². The van der Waals surface area contributed by atoms with E-state index in [1.54, 1.807) is 0 Å². The summed E-state index contributed by atoms with van der Waals surface area (Å²) in [5.41, 5.74) is 3.67. The molecule has 0 aliphatic carbocycles. The highest BCUT2D eigenvalue weighted by Gasteiger charge is 2.33. The summed E-state index contributed by atoms with van der Waals surface area (Å²) >= 11 is 0. The predicted molar refractivity (Wildman–Crippen MR) is 97.3 cm³/mol. The van der Waals surface area contributed by atoms with Gasteiger partial charge >= 0.3 is 0 Å². The zero-order valence-electron chi connectivity index (χ0n) is 14.9. The lowest BCUT2D eigenvalue weighted by atomic mass is 9.85. The summed E-state index contributed by atoms with van der Waals surface area (Å²) in [5, 5.41) is 12.4. The number of anilines is 2. The molecule has 128 valence electrons. The molecule has 0 unspecified atom stereocenters. The SMILES string of the molecule is Cc1cc(N2Cc3ccccc3CC2(C)C)nc(N[C@H](C)CO)n1. The number of benzene rings is 1. The van der Waals surface area contributed by atoms with Crippen LogP contribution in [0.1, 0.15) is 37.6 Å². The molecule has 0 fully saturated rings. The van der Waals surface area contributed by atoms with Gasteiger partial charge in [-0.3, -0.25) is 0 Å². The highest BCUT2D eigenvalue weighted by atomic mass is 16.3.